The fraction of sp³-hybridized carbons (Fsp3) is 0.385. The summed E-state index contributed by atoms with van der Waals surface area (Å²) in [6, 6.07) is 6.98. The standard InChI is InChI=1S/C13H17F2NO/c1-10(2)16-9-3-4-11-5-7-12(8-6-11)17-13(14)15/h3-8,10,13,16H,9H2,1-2H3. The number of hydrogen-bond donors (Lipinski definition) is 1. The number of benzene rings is 1. The Hall–Kier alpha value is -1.42. The number of halogens is 2. The molecule has 0 unspecified atom stereocenters. The quantitative estimate of drug-likeness (QED) is 0.825. The normalized spacial score (nSPS) is 11.6. The van der Waals surface area contributed by atoms with E-state index in [-0.39, 0.29) is 5.75 Å². The van der Waals surface area contributed by atoms with Crippen LogP contribution in [0.15, 0.2) is 30.3 Å². The van der Waals surface area contributed by atoms with Crippen molar-refractivity contribution in [1.29, 1.82) is 0 Å². The van der Waals surface area contributed by atoms with Crippen molar-refractivity contribution in [1.82, 2.24) is 5.32 Å². The van der Waals surface area contributed by atoms with Crippen LogP contribution in [0.25, 0.3) is 6.08 Å². The molecule has 0 fully saturated rings. The Bertz CT molecular complexity index is 347. The van der Waals surface area contributed by atoms with Crippen LogP contribution in [0, 0.1) is 0 Å². The van der Waals surface area contributed by atoms with Crippen LogP contribution in [0.3, 0.4) is 0 Å². The van der Waals surface area contributed by atoms with Gasteiger partial charge in [0.2, 0.25) is 0 Å². The zero-order valence-electron chi connectivity index (χ0n) is 9.99. The fourth-order valence-electron chi connectivity index (χ4n) is 1.26. The molecule has 94 valence electrons. The lowest BCUT2D eigenvalue weighted by atomic mass is 10.2. The van der Waals surface area contributed by atoms with Crippen molar-refractivity contribution in [3.63, 3.8) is 0 Å². The maximum Gasteiger partial charge on any atom is 0.387 e. The van der Waals surface area contributed by atoms with Gasteiger partial charge >= 0.3 is 6.61 Å². The lowest BCUT2D eigenvalue weighted by Crippen LogP contribution is -2.22. The first-order valence-electron chi connectivity index (χ1n) is 5.52. The first-order valence-corrected chi connectivity index (χ1v) is 5.52. The van der Waals surface area contributed by atoms with Crippen LogP contribution in [-0.2, 0) is 0 Å². The van der Waals surface area contributed by atoms with Crippen LogP contribution in [0.5, 0.6) is 5.75 Å². The molecule has 1 rings (SSSR count). The Labute approximate surface area is 100 Å². The summed E-state index contributed by atoms with van der Waals surface area (Å²) in [4.78, 5) is 0. The molecule has 1 aromatic carbocycles. The van der Waals surface area contributed by atoms with Crippen molar-refractivity contribution in [2.24, 2.45) is 0 Å². The average molecular weight is 241 g/mol. The molecule has 0 bridgehead atoms. The highest BCUT2D eigenvalue weighted by Crippen LogP contribution is 2.15. The highest BCUT2D eigenvalue weighted by Gasteiger charge is 2.02. The average Bonchev–Trinajstić information content (AvgIpc) is 2.25. The largest absolute Gasteiger partial charge is 0.435 e. The van der Waals surface area contributed by atoms with E-state index in [1.807, 2.05) is 12.2 Å². The molecule has 0 aromatic heterocycles. The van der Waals surface area contributed by atoms with Crippen molar-refractivity contribution >= 4 is 6.08 Å². The molecular formula is C13H17F2NO. The maximum atomic E-state index is 11.9. The number of nitrogens with one attached hydrogen (secondary N) is 1. The van der Waals surface area contributed by atoms with Crippen molar-refractivity contribution in [3.8, 4) is 5.75 Å². The first kappa shape index (κ1) is 13.6. The van der Waals surface area contributed by atoms with Gasteiger partial charge in [0.1, 0.15) is 5.75 Å². The maximum absolute atomic E-state index is 11.9. The van der Waals surface area contributed by atoms with E-state index in [4.69, 9.17) is 0 Å². The van der Waals surface area contributed by atoms with Gasteiger partial charge in [0.25, 0.3) is 0 Å². The van der Waals surface area contributed by atoms with Gasteiger partial charge < -0.3 is 10.1 Å². The van der Waals surface area contributed by atoms with Gasteiger partial charge in [-0.15, -0.1) is 0 Å². The number of alkyl halides is 2. The minimum atomic E-state index is -2.77. The van der Waals surface area contributed by atoms with Gasteiger partial charge in [-0.1, -0.05) is 38.1 Å². The molecule has 0 amide bonds. The molecule has 1 N–H and O–H groups in total. The fourth-order valence-corrected chi connectivity index (χ4v) is 1.26. The van der Waals surface area contributed by atoms with E-state index < -0.39 is 6.61 Å². The third-order valence-electron chi connectivity index (χ3n) is 2.06. The molecule has 17 heavy (non-hydrogen) atoms. The lowest BCUT2D eigenvalue weighted by molar-refractivity contribution is -0.0498. The second-order valence-corrected chi connectivity index (χ2v) is 3.91. The Morgan fingerprint density at radius 2 is 1.88 bits per heavy atom. The summed E-state index contributed by atoms with van der Waals surface area (Å²) in [6.45, 7) is 2.16. The summed E-state index contributed by atoms with van der Waals surface area (Å²) < 4.78 is 28.1. The van der Waals surface area contributed by atoms with E-state index in [1.165, 1.54) is 12.1 Å². The van der Waals surface area contributed by atoms with Gasteiger partial charge in [0.15, 0.2) is 0 Å². The second kappa shape index (κ2) is 7.01. The number of rotatable bonds is 6. The molecule has 0 aliphatic carbocycles. The summed E-state index contributed by atoms with van der Waals surface area (Å²) >= 11 is 0. The molecule has 0 aliphatic rings. The molecule has 4 heteroatoms. The van der Waals surface area contributed by atoms with Crippen LogP contribution >= 0.6 is 0 Å². The van der Waals surface area contributed by atoms with Gasteiger partial charge in [-0.05, 0) is 17.7 Å². The van der Waals surface area contributed by atoms with Gasteiger partial charge in [-0.25, -0.2) is 0 Å². The Balaban J connectivity index is 2.45. The van der Waals surface area contributed by atoms with Crippen molar-refractivity contribution in [2.75, 3.05) is 6.54 Å². The predicted molar refractivity (Wildman–Crippen MR) is 65.2 cm³/mol. The summed E-state index contributed by atoms with van der Waals surface area (Å²) in [5, 5.41) is 3.24. The van der Waals surface area contributed by atoms with E-state index in [0.29, 0.717) is 6.04 Å². The van der Waals surface area contributed by atoms with E-state index in [2.05, 4.69) is 23.9 Å². The van der Waals surface area contributed by atoms with Crippen molar-refractivity contribution < 1.29 is 13.5 Å². The van der Waals surface area contributed by atoms with E-state index in [0.717, 1.165) is 12.1 Å². The second-order valence-electron chi connectivity index (χ2n) is 3.91. The summed E-state index contributed by atoms with van der Waals surface area (Å²) in [7, 11) is 0. The monoisotopic (exact) mass is 241 g/mol. The van der Waals surface area contributed by atoms with Gasteiger partial charge in [0, 0.05) is 12.6 Å². The first-order chi connectivity index (χ1) is 8.08. The minimum absolute atomic E-state index is 0.178. The SMILES string of the molecule is CC(C)NCC=Cc1ccc(OC(F)F)cc1. The molecule has 0 radical (unpaired) electrons. The lowest BCUT2D eigenvalue weighted by Gasteiger charge is -2.04. The molecule has 0 spiro atoms. The molecule has 0 atom stereocenters. The highest BCUT2D eigenvalue weighted by molar-refractivity contribution is 5.50. The van der Waals surface area contributed by atoms with Crippen LogP contribution in [0.2, 0.25) is 0 Å². The Morgan fingerprint density at radius 3 is 2.41 bits per heavy atom. The van der Waals surface area contributed by atoms with Gasteiger partial charge in [-0.3, -0.25) is 0 Å². The minimum Gasteiger partial charge on any atom is -0.435 e. The smallest absolute Gasteiger partial charge is 0.387 e. The summed E-state index contributed by atoms with van der Waals surface area (Å²) in [6.07, 6.45) is 3.92. The van der Waals surface area contributed by atoms with Crippen molar-refractivity contribution in [3.05, 3.63) is 35.9 Å². The van der Waals surface area contributed by atoms with E-state index >= 15 is 0 Å². The third-order valence-corrected chi connectivity index (χ3v) is 2.06. The summed E-state index contributed by atoms with van der Waals surface area (Å²) in [5.74, 6) is 0.178. The number of hydrogen-bond acceptors (Lipinski definition) is 2. The zero-order chi connectivity index (χ0) is 12.7. The number of ether oxygens (including phenoxy) is 1. The Kier molecular flexibility index (Phi) is 5.63. The highest BCUT2D eigenvalue weighted by atomic mass is 19.3. The van der Waals surface area contributed by atoms with Gasteiger partial charge in [-0.2, -0.15) is 8.78 Å². The van der Waals surface area contributed by atoms with Crippen molar-refractivity contribution in [2.45, 2.75) is 26.5 Å². The topological polar surface area (TPSA) is 21.3 Å². The summed E-state index contributed by atoms with van der Waals surface area (Å²) in [5.41, 5.74) is 0.956. The van der Waals surface area contributed by atoms with Crippen LogP contribution < -0.4 is 10.1 Å². The molecule has 2 nitrogen and oxygen atoms in total. The van der Waals surface area contributed by atoms with Gasteiger partial charge in [0.05, 0.1) is 0 Å². The van der Waals surface area contributed by atoms with Crippen LogP contribution in [0.4, 0.5) is 8.78 Å². The van der Waals surface area contributed by atoms with Crippen LogP contribution in [0.1, 0.15) is 19.4 Å². The molecule has 0 heterocycles. The van der Waals surface area contributed by atoms with Crippen LogP contribution in [-0.4, -0.2) is 19.2 Å². The zero-order valence-corrected chi connectivity index (χ0v) is 9.99. The Morgan fingerprint density at radius 1 is 1.24 bits per heavy atom. The molecular weight excluding hydrogens is 224 g/mol. The van der Waals surface area contributed by atoms with E-state index in [1.54, 1.807) is 12.1 Å². The van der Waals surface area contributed by atoms with E-state index in [9.17, 15) is 8.78 Å². The predicted octanol–water partition coefficient (Wildman–Crippen LogP) is 3.30. The molecule has 0 saturated carbocycles. The molecule has 0 saturated heterocycles. The molecule has 1 aromatic rings. The molecule has 0 aliphatic heterocycles. The third kappa shape index (κ3) is 6.02.